The Morgan fingerprint density at radius 1 is 1.45 bits per heavy atom. The van der Waals surface area contributed by atoms with Gasteiger partial charge >= 0.3 is 5.69 Å². The van der Waals surface area contributed by atoms with Crippen LogP contribution < -0.4 is 15.9 Å². The molecule has 0 bridgehead atoms. The van der Waals surface area contributed by atoms with Crippen molar-refractivity contribution in [3.8, 4) is 22.1 Å². The van der Waals surface area contributed by atoms with E-state index in [-0.39, 0.29) is 28.4 Å². The van der Waals surface area contributed by atoms with E-state index in [4.69, 9.17) is 4.74 Å². The molecular formula is C17H13N5O6S. The average molecular weight is 415 g/mol. The number of phenols is 1. The van der Waals surface area contributed by atoms with E-state index >= 15 is 0 Å². The lowest BCUT2D eigenvalue weighted by molar-refractivity contribution is -0.385. The molecule has 0 aliphatic heterocycles. The lowest BCUT2D eigenvalue weighted by atomic mass is 10.2. The van der Waals surface area contributed by atoms with Gasteiger partial charge in [0.05, 0.1) is 34.9 Å². The molecule has 0 aliphatic rings. The number of thiophene rings is 1. The number of non-ortho nitro benzene ring substituents is 1. The van der Waals surface area contributed by atoms with Gasteiger partial charge in [0.15, 0.2) is 11.5 Å². The quantitative estimate of drug-likeness (QED) is 0.315. The molecule has 2 aromatic heterocycles. The number of phenolic OH excluding ortho intramolecular Hbond substituents is 1. The smallest absolute Gasteiger partial charge is 0.346 e. The topological polar surface area (TPSA) is 160 Å². The molecule has 0 fully saturated rings. The molecule has 0 atom stereocenters. The summed E-state index contributed by atoms with van der Waals surface area (Å²) in [5.74, 6) is -1.28. The molecule has 1 aromatic carbocycles. The van der Waals surface area contributed by atoms with E-state index in [9.17, 15) is 24.8 Å². The Morgan fingerprint density at radius 3 is 2.90 bits per heavy atom. The van der Waals surface area contributed by atoms with Crippen LogP contribution in [0.25, 0.3) is 10.6 Å². The molecule has 0 unspecified atom stereocenters. The number of nitrogens with one attached hydrogen (secondary N) is 2. The van der Waals surface area contributed by atoms with Crippen LogP contribution in [0, 0.1) is 10.1 Å². The number of hydrogen-bond donors (Lipinski definition) is 3. The normalized spacial score (nSPS) is 10.8. The molecule has 0 radical (unpaired) electrons. The van der Waals surface area contributed by atoms with E-state index in [1.54, 1.807) is 12.1 Å². The van der Waals surface area contributed by atoms with E-state index in [1.807, 2.05) is 5.38 Å². The lowest BCUT2D eigenvalue weighted by Gasteiger charge is -2.06. The summed E-state index contributed by atoms with van der Waals surface area (Å²) in [5, 5.41) is 26.5. The molecule has 3 rings (SSSR count). The summed E-state index contributed by atoms with van der Waals surface area (Å²) in [5.41, 5.74) is 1.33. The minimum Gasteiger partial charge on any atom is -0.504 e. The van der Waals surface area contributed by atoms with Crippen LogP contribution in [-0.2, 0) is 0 Å². The summed E-state index contributed by atoms with van der Waals surface area (Å²) < 4.78 is 4.88. The summed E-state index contributed by atoms with van der Waals surface area (Å²) in [7, 11) is 1.24. The van der Waals surface area contributed by atoms with Crippen molar-refractivity contribution in [3.63, 3.8) is 0 Å². The number of aromatic amines is 1. The first-order valence-corrected chi connectivity index (χ1v) is 8.81. The van der Waals surface area contributed by atoms with Crippen LogP contribution in [0.1, 0.15) is 16.1 Å². The summed E-state index contributed by atoms with van der Waals surface area (Å²) in [6.07, 6.45) is 1.01. The van der Waals surface area contributed by atoms with Crippen LogP contribution in [0.2, 0.25) is 0 Å². The third kappa shape index (κ3) is 4.44. The number of nitro benzene ring substituents is 1. The van der Waals surface area contributed by atoms with Gasteiger partial charge in [-0.1, -0.05) is 6.07 Å². The molecular weight excluding hydrogens is 402 g/mol. The van der Waals surface area contributed by atoms with Gasteiger partial charge in [-0.15, -0.1) is 11.3 Å². The van der Waals surface area contributed by atoms with Gasteiger partial charge in [-0.2, -0.15) is 10.1 Å². The Kier molecular flexibility index (Phi) is 5.64. The molecule has 3 aromatic rings. The molecule has 11 nitrogen and oxygen atoms in total. The Bertz CT molecular complexity index is 1160. The molecule has 3 N–H and O–H groups in total. The number of hydrogen-bond acceptors (Lipinski definition) is 9. The number of aromatic hydroxyl groups is 1. The molecule has 0 spiro atoms. The van der Waals surface area contributed by atoms with Crippen LogP contribution in [0.3, 0.4) is 0 Å². The second kappa shape index (κ2) is 8.31. The fourth-order valence-corrected chi connectivity index (χ4v) is 3.03. The minimum absolute atomic E-state index is 0.0468. The average Bonchev–Trinajstić information content (AvgIpc) is 3.23. The van der Waals surface area contributed by atoms with Gasteiger partial charge < -0.3 is 14.8 Å². The number of carbonyl (C=O) groups is 1. The molecule has 148 valence electrons. The predicted octanol–water partition coefficient (Wildman–Crippen LogP) is 1.88. The van der Waals surface area contributed by atoms with Crippen LogP contribution in [-0.4, -0.2) is 39.2 Å². The van der Waals surface area contributed by atoms with Gasteiger partial charge in [0.25, 0.3) is 11.6 Å². The van der Waals surface area contributed by atoms with E-state index in [2.05, 4.69) is 20.5 Å². The van der Waals surface area contributed by atoms with Gasteiger partial charge in [0, 0.05) is 11.6 Å². The highest BCUT2D eigenvalue weighted by Crippen LogP contribution is 2.33. The molecule has 29 heavy (non-hydrogen) atoms. The van der Waals surface area contributed by atoms with Crippen molar-refractivity contribution < 1.29 is 19.6 Å². The third-order valence-corrected chi connectivity index (χ3v) is 4.56. The highest BCUT2D eigenvalue weighted by Gasteiger charge is 2.16. The maximum absolute atomic E-state index is 12.3. The Balaban J connectivity index is 1.83. The third-order valence-electron chi connectivity index (χ3n) is 3.65. The number of methoxy groups -OCH3 is 1. The molecule has 12 heteroatoms. The number of nitro groups is 1. The van der Waals surface area contributed by atoms with Crippen LogP contribution >= 0.6 is 11.3 Å². The first-order chi connectivity index (χ1) is 13.9. The highest BCUT2D eigenvalue weighted by atomic mass is 32.1. The summed E-state index contributed by atoms with van der Waals surface area (Å²) >= 11 is 1.38. The van der Waals surface area contributed by atoms with Crippen LogP contribution in [0.5, 0.6) is 11.5 Å². The fourth-order valence-electron chi connectivity index (χ4n) is 2.33. The molecule has 0 aliphatic carbocycles. The van der Waals surface area contributed by atoms with Gasteiger partial charge in [0.1, 0.15) is 5.69 Å². The van der Waals surface area contributed by atoms with Crippen molar-refractivity contribution in [2.45, 2.75) is 0 Å². The summed E-state index contributed by atoms with van der Waals surface area (Å²) in [4.78, 5) is 41.2. The number of hydrazone groups is 1. The summed E-state index contributed by atoms with van der Waals surface area (Å²) in [6, 6.07) is 7.08. The van der Waals surface area contributed by atoms with Gasteiger partial charge in [-0.3, -0.25) is 14.9 Å². The number of H-pyrrole nitrogens is 1. The number of rotatable bonds is 6. The van der Waals surface area contributed by atoms with Crippen molar-refractivity contribution in [1.29, 1.82) is 0 Å². The van der Waals surface area contributed by atoms with Crippen LogP contribution in [0.4, 0.5) is 5.69 Å². The zero-order valence-electron chi connectivity index (χ0n) is 14.8. The highest BCUT2D eigenvalue weighted by molar-refractivity contribution is 7.13. The molecule has 0 saturated heterocycles. The Labute approximate surface area is 166 Å². The van der Waals surface area contributed by atoms with E-state index in [1.165, 1.54) is 24.5 Å². The van der Waals surface area contributed by atoms with Crippen LogP contribution in [0.15, 0.2) is 45.6 Å². The largest absolute Gasteiger partial charge is 0.504 e. The lowest BCUT2D eigenvalue weighted by Crippen LogP contribution is -2.24. The standard InChI is InChI=1S/C17H13N5O6S/c1-28-13-6-10(22(26)27)5-9(15(13)23)8-18-21-16(24)12-7-11(19-17(25)20-12)14-3-2-4-29-14/h2-8,23H,1H3,(H,21,24)(H,19,20,25)/b18-8+. The number of ether oxygens (including phenoxy) is 1. The first-order valence-electron chi connectivity index (χ1n) is 7.93. The van der Waals surface area contributed by atoms with Gasteiger partial charge in [0.2, 0.25) is 0 Å². The Hall–Kier alpha value is -4.06. The van der Waals surface area contributed by atoms with Gasteiger partial charge in [-0.05, 0) is 17.5 Å². The van der Waals surface area contributed by atoms with Gasteiger partial charge in [-0.25, -0.2) is 10.2 Å². The zero-order valence-corrected chi connectivity index (χ0v) is 15.6. The maximum atomic E-state index is 12.3. The van der Waals surface area contributed by atoms with E-state index < -0.39 is 16.5 Å². The van der Waals surface area contributed by atoms with Crippen molar-refractivity contribution >= 4 is 29.1 Å². The predicted molar refractivity (Wildman–Crippen MR) is 105 cm³/mol. The second-order valence-corrected chi connectivity index (χ2v) is 6.45. The van der Waals surface area contributed by atoms with Crippen molar-refractivity contribution in [2.75, 3.05) is 7.11 Å². The van der Waals surface area contributed by atoms with Crippen molar-refractivity contribution in [1.82, 2.24) is 15.4 Å². The van der Waals surface area contributed by atoms with Crippen molar-refractivity contribution in [2.24, 2.45) is 5.10 Å². The summed E-state index contributed by atoms with van der Waals surface area (Å²) in [6.45, 7) is 0. The second-order valence-electron chi connectivity index (χ2n) is 5.50. The molecule has 1 amide bonds. The van der Waals surface area contributed by atoms with E-state index in [0.29, 0.717) is 5.69 Å². The number of nitrogens with zero attached hydrogens (tertiary/aromatic N) is 3. The first kappa shape index (κ1) is 19.7. The minimum atomic E-state index is -0.776. The van der Waals surface area contributed by atoms with Crippen molar-refractivity contribution in [3.05, 3.63) is 67.6 Å². The molecule has 2 heterocycles. The monoisotopic (exact) mass is 415 g/mol. The fraction of sp³-hybridized carbons (Fsp3) is 0.0588. The number of carbonyl (C=O) groups excluding carboxylic acids is 1. The zero-order chi connectivity index (χ0) is 21.0. The number of benzene rings is 1. The number of amides is 1. The SMILES string of the molecule is COc1cc([N+](=O)[O-])cc(/C=N/NC(=O)c2cc(-c3cccs3)[nH]c(=O)n2)c1O. The van der Waals surface area contributed by atoms with E-state index in [0.717, 1.165) is 23.2 Å². The Morgan fingerprint density at radius 2 is 2.24 bits per heavy atom. The number of aromatic nitrogens is 2. The molecule has 0 saturated carbocycles. The maximum Gasteiger partial charge on any atom is 0.346 e.